The molecular formula is C28H37N3O5. The molecule has 0 bridgehead atoms. The van der Waals surface area contributed by atoms with Crippen LogP contribution in [0, 0.1) is 13.8 Å². The molecule has 194 valence electrons. The van der Waals surface area contributed by atoms with Gasteiger partial charge in [0.1, 0.15) is 18.5 Å². The summed E-state index contributed by atoms with van der Waals surface area (Å²) in [5.41, 5.74) is 4.37. The molecule has 1 aromatic heterocycles. The van der Waals surface area contributed by atoms with Crippen LogP contribution in [0.25, 0.3) is 16.6 Å². The molecule has 2 heterocycles. The lowest BCUT2D eigenvalue weighted by Gasteiger charge is -2.35. The van der Waals surface area contributed by atoms with Gasteiger partial charge in [0.05, 0.1) is 24.3 Å². The topological polar surface area (TPSA) is 87.4 Å². The number of aliphatic hydroxyl groups is 2. The van der Waals surface area contributed by atoms with Gasteiger partial charge in [-0.3, -0.25) is 9.80 Å². The Morgan fingerprint density at radius 1 is 1.03 bits per heavy atom. The number of aromatic nitrogens is 1. The highest BCUT2D eigenvalue weighted by atomic mass is 16.5. The number of fused-ring (bicyclic) bond motifs is 1. The number of benzene rings is 2. The smallest absolute Gasteiger partial charge is 0.340 e. The number of aryl methyl sites for hydroxylation is 1. The fourth-order valence-electron chi connectivity index (χ4n) is 4.86. The third-order valence-corrected chi connectivity index (χ3v) is 6.74. The standard InChI is InChI=1S/C28H37N3O5/c1-4-35-28(34)27-21(3)31(22-7-5-20(2)6-8-22)26-10-9-24(17-25(26)27)36-19-23(33)18-30-13-11-29(12-14-30)15-16-32/h5-10,17,23,32-33H,4,11-16,18-19H2,1-3H3. The van der Waals surface area contributed by atoms with E-state index < -0.39 is 6.10 Å². The fourth-order valence-corrected chi connectivity index (χ4v) is 4.86. The molecule has 0 spiro atoms. The quantitative estimate of drug-likeness (QED) is 0.418. The van der Waals surface area contributed by atoms with Crippen LogP contribution in [0.1, 0.15) is 28.5 Å². The van der Waals surface area contributed by atoms with Gasteiger partial charge in [-0.05, 0) is 51.1 Å². The number of hydrogen-bond donors (Lipinski definition) is 2. The number of carbonyl (C=O) groups excluding carboxylic acids is 1. The van der Waals surface area contributed by atoms with Gasteiger partial charge in [0.25, 0.3) is 0 Å². The molecule has 1 aliphatic rings. The highest BCUT2D eigenvalue weighted by Crippen LogP contribution is 2.32. The van der Waals surface area contributed by atoms with Gasteiger partial charge in [-0.2, -0.15) is 0 Å². The first kappa shape index (κ1) is 26.2. The van der Waals surface area contributed by atoms with Gasteiger partial charge in [-0.25, -0.2) is 4.79 Å². The van der Waals surface area contributed by atoms with E-state index in [0.717, 1.165) is 48.5 Å². The van der Waals surface area contributed by atoms with Crippen LogP contribution in [0.3, 0.4) is 0 Å². The molecule has 0 radical (unpaired) electrons. The highest BCUT2D eigenvalue weighted by Gasteiger charge is 2.23. The third kappa shape index (κ3) is 5.90. The Kier molecular flexibility index (Phi) is 8.64. The molecule has 1 atom stereocenters. The van der Waals surface area contributed by atoms with Crippen molar-refractivity contribution in [3.05, 3.63) is 59.3 Å². The predicted molar refractivity (Wildman–Crippen MR) is 140 cm³/mol. The van der Waals surface area contributed by atoms with E-state index in [1.807, 2.05) is 44.2 Å². The second-order valence-electron chi connectivity index (χ2n) is 9.36. The Balaban J connectivity index is 1.51. The molecule has 0 amide bonds. The number of piperazine rings is 1. The molecule has 1 unspecified atom stereocenters. The summed E-state index contributed by atoms with van der Waals surface area (Å²) >= 11 is 0. The average molecular weight is 496 g/mol. The average Bonchev–Trinajstić information content (AvgIpc) is 3.16. The number of hydrogen-bond acceptors (Lipinski definition) is 7. The second-order valence-corrected chi connectivity index (χ2v) is 9.36. The van der Waals surface area contributed by atoms with Crippen LogP contribution in [0.15, 0.2) is 42.5 Å². The van der Waals surface area contributed by atoms with Crippen molar-refractivity contribution in [3.8, 4) is 11.4 Å². The Morgan fingerprint density at radius 2 is 1.72 bits per heavy atom. The molecule has 1 saturated heterocycles. The van der Waals surface area contributed by atoms with Gasteiger partial charge >= 0.3 is 5.97 Å². The van der Waals surface area contributed by atoms with Crippen LogP contribution in [-0.4, -0.2) is 95.7 Å². The lowest BCUT2D eigenvalue weighted by molar-refractivity contribution is 0.0428. The number of esters is 1. The van der Waals surface area contributed by atoms with Gasteiger partial charge in [-0.1, -0.05) is 17.7 Å². The normalized spacial score (nSPS) is 15.8. The van der Waals surface area contributed by atoms with Crippen molar-refractivity contribution in [2.24, 2.45) is 0 Å². The molecule has 0 saturated carbocycles. The van der Waals surface area contributed by atoms with Gasteiger partial charge in [0, 0.05) is 56.0 Å². The van der Waals surface area contributed by atoms with Crippen molar-refractivity contribution in [1.82, 2.24) is 14.4 Å². The van der Waals surface area contributed by atoms with Crippen molar-refractivity contribution in [3.63, 3.8) is 0 Å². The molecular weight excluding hydrogens is 458 g/mol. The van der Waals surface area contributed by atoms with E-state index in [2.05, 4.69) is 26.5 Å². The van der Waals surface area contributed by atoms with E-state index in [0.29, 0.717) is 31.0 Å². The van der Waals surface area contributed by atoms with E-state index in [1.165, 1.54) is 5.56 Å². The fraction of sp³-hybridized carbons (Fsp3) is 0.464. The summed E-state index contributed by atoms with van der Waals surface area (Å²) in [7, 11) is 0. The zero-order chi connectivity index (χ0) is 25.7. The maximum absolute atomic E-state index is 12.9. The monoisotopic (exact) mass is 495 g/mol. The summed E-state index contributed by atoms with van der Waals surface area (Å²) < 4.78 is 13.4. The van der Waals surface area contributed by atoms with Gasteiger partial charge < -0.3 is 24.3 Å². The highest BCUT2D eigenvalue weighted by molar-refractivity contribution is 6.07. The van der Waals surface area contributed by atoms with Gasteiger partial charge in [-0.15, -0.1) is 0 Å². The molecule has 0 aliphatic carbocycles. The summed E-state index contributed by atoms with van der Waals surface area (Å²) in [6.07, 6.45) is -0.631. The second kappa shape index (κ2) is 11.9. The molecule has 4 rings (SSSR count). The summed E-state index contributed by atoms with van der Waals surface area (Å²) in [5, 5.41) is 20.4. The maximum atomic E-state index is 12.9. The van der Waals surface area contributed by atoms with Crippen molar-refractivity contribution in [2.75, 3.05) is 59.1 Å². The molecule has 2 aromatic carbocycles. The lowest BCUT2D eigenvalue weighted by atomic mass is 10.1. The van der Waals surface area contributed by atoms with Crippen LogP contribution >= 0.6 is 0 Å². The number of rotatable bonds is 10. The zero-order valence-corrected chi connectivity index (χ0v) is 21.4. The number of aliphatic hydroxyl groups excluding tert-OH is 2. The third-order valence-electron chi connectivity index (χ3n) is 6.74. The summed E-state index contributed by atoms with van der Waals surface area (Å²) in [4.78, 5) is 17.3. The first-order valence-electron chi connectivity index (χ1n) is 12.7. The van der Waals surface area contributed by atoms with Crippen LogP contribution in [-0.2, 0) is 4.74 Å². The van der Waals surface area contributed by atoms with E-state index in [-0.39, 0.29) is 19.2 Å². The summed E-state index contributed by atoms with van der Waals surface area (Å²) in [6.45, 7) is 11.1. The van der Waals surface area contributed by atoms with E-state index in [4.69, 9.17) is 14.6 Å². The van der Waals surface area contributed by atoms with Crippen molar-refractivity contribution >= 4 is 16.9 Å². The maximum Gasteiger partial charge on any atom is 0.340 e. The Bertz CT molecular complexity index is 1170. The van der Waals surface area contributed by atoms with Crippen molar-refractivity contribution < 1.29 is 24.5 Å². The number of carbonyl (C=O) groups is 1. The molecule has 1 fully saturated rings. The molecule has 8 nitrogen and oxygen atoms in total. The molecule has 8 heteroatoms. The Hall–Kier alpha value is -2.91. The molecule has 1 aliphatic heterocycles. The van der Waals surface area contributed by atoms with Gasteiger partial charge in [0.15, 0.2) is 0 Å². The summed E-state index contributed by atoms with van der Waals surface area (Å²) in [5.74, 6) is 0.240. The van der Waals surface area contributed by atoms with E-state index >= 15 is 0 Å². The minimum absolute atomic E-state index is 0.161. The van der Waals surface area contributed by atoms with Crippen LogP contribution in [0.2, 0.25) is 0 Å². The minimum Gasteiger partial charge on any atom is -0.491 e. The zero-order valence-electron chi connectivity index (χ0n) is 21.4. The molecule has 3 aromatic rings. The van der Waals surface area contributed by atoms with Crippen LogP contribution in [0.4, 0.5) is 0 Å². The number of β-amino-alcohol motifs (C(OH)–C–C–N with tert-alkyl or cyclic N) is 2. The van der Waals surface area contributed by atoms with Crippen molar-refractivity contribution in [1.29, 1.82) is 0 Å². The summed E-state index contributed by atoms with van der Waals surface area (Å²) in [6, 6.07) is 13.9. The van der Waals surface area contributed by atoms with Crippen molar-refractivity contribution in [2.45, 2.75) is 26.9 Å². The van der Waals surface area contributed by atoms with E-state index in [1.54, 1.807) is 6.92 Å². The first-order valence-corrected chi connectivity index (χ1v) is 12.7. The molecule has 36 heavy (non-hydrogen) atoms. The Labute approximate surface area is 212 Å². The van der Waals surface area contributed by atoms with Crippen LogP contribution < -0.4 is 4.74 Å². The van der Waals surface area contributed by atoms with Crippen LogP contribution in [0.5, 0.6) is 5.75 Å². The number of ether oxygens (including phenoxy) is 2. The predicted octanol–water partition coefficient (Wildman–Crippen LogP) is 2.77. The Morgan fingerprint density at radius 3 is 2.39 bits per heavy atom. The van der Waals surface area contributed by atoms with E-state index in [9.17, 15) is 9.90 Å². The molecule has 2 N–H and O–H groups in total. The first-order chi connectivity index (χ1) is 17.4. The van der Waals surface area contributed by atoms with Gasteiger partial charge in [0.2, 0.25) is 0 Å². The lowest BCUT2D eigenvalue weighted by Crippen LogP contribution is -2.49. The minimum atomic E-state index is -0.631. The number of nitrogens with zero attached hydrogens (tertiary/aromatic N) is 3. The largest absolute Gasteiger partial charge is 0.491 e. The SMILES string of the molecule is CCOC(=O)c1c(C)n(-c2ccc(C)cc2)c2ccc(OCC(O)CN3CCN(CCO)CC3)cc12.